The van der Waals surface area contributed by atoms with Crippen LogP contribution in [-0.2, 0) is 17.5 Å². The molecule has 1 aliphatic carbocycles. The average Bonchev–Trinajstić information content (AvgIpc) is 3.58. The van der Waals surface area contributed by atoms with E-state index >= 15 is 0 Å². The van der Waals surface area contributed by atoms with Gasteiger partial charge in [0.25, 0.3) is 0 Å². The molecule has 2 aromatic carbocycles. The summed E-state index contributed by atoms with van der Waals surface area (Å²) in [5, 5.41) is 6.27. The molecule has 160 valence electrons. The van der Waals surface area contributed by atoms with E-state index < -0.39 is 11.7 Å². The van der Waals surface area contributed by atoms with E-state index in [1.165, 1.54) is 12.1 Å². The maximum Gasteiger partial charge on any atom is 0.416 e. The molecular weight excluding hydrogens is 391 g/mol. The van der Waals surface area contributed by atoms with Gasteiger partial charge in [0, 0.05) is 43.0 Å². The number of anilines is 2. The Morgan fingerprint density at radius 1 is 1.00 bits per heavy atom. The molecule has 1 amide bonds. The number of halogens is 3. The number of hydrogen-bond acceptors (Lipinski definition) is 3. The van der Waals surface area contributed by atoms with E-state index in [1.54, 1.807) is 6.07 Å². The van der Waals surface area contributed by atoms with Crippen molar-refractivity contribution >= 4 is 17.3 Å². The lowest BCUT2D eigenvalue weighted by molar-refractivity contribution is -0.138. The number of nitrogens with one attached hydrogen (secondary N) is 2. The van der Waals surface area contributed by atoms with Gasteiger partial charge >= 0.3 is 6.18 Å². The monoisotopic (exact) mass is 417 g/mol. The minimum atomic E-state index is -4.33. The maximum absolute atomic E-state index is 13.2. The Bertz CT molecular complexity index is 887. The zero-order valence-corrected chi connectivity index (χ0v) is 16.7. The van der Waals surface area contributed by atoms with Gasteiger partial charge in [-0.25, -0.2) is 0 Å². The Hall–Kier alpha value is -2.54. The molecule has 2 aromatic rings. The normalized spacial score (nSPS) is 17.8. The fraction of sp³-hybridized carbons (Fsp3) is 0.435. The maximum atomic E-state index is 13.2. The van der Waals surface area contributed by atoms with Crippen LogP contribution in [0.25, 0.3) is 0 Å². The third-order valence-electron chi connectivity index (χ3n) is 5.83. The molecule has 0 aromatic heterocycles. The van der Waals surface area contributed by atoms with Crippen molar-refractivity contribution in [3.05, 3.63) is 59.7 Å². The highest BCUT2D eigenvalue weighted by Crippen LogP contribution is 2.32. The zero-order valence-electron chi connectivity index (χ0n) is 16.7. The predicted molar refractivity (Wildman–Crippen MR) is 111 cm³/mol. The molecule has 1 saturated heterocycles. The lowest BCUT2D eigenvalue weighted by Gasteiger charge is -2.34. The number of carbonyl (C=O) groups excluding carboxylic acids is 1. The van der Waals surface area contributed by atoms with Crippen LogP contribution in [-0.4, -0.2) is 25.0 Å². The van der Waals surface area contributed by atoms with Crippen molar-refractivity contribution in [3.63, 3.8) is 0 Å². The number of nitrogens with zero attached hydrogens (tertiary/aromatic N) is 1. The van der Waals surface area contributed by atoms with Crippen molar-refractivity contribution in [1.29, 1.82) is 0 Å². The first kappa shape index (κ1) is 20.7. The van der Waals surface area contributed by atoms with Crippen LogP contribution in [0.5, 0.6) is 0 Å². The second kappa shape index (κ2) is 8.68. The first-order valence-corrected chi connectivity index (χ1v) is 10.4. The quantitative estimate of drug-likeness (QED) is 0.709. The smallest absolute Gasteiger partial charge is 0.371 e. The van der Waals surface area contributed by atoms with E-state index in [0.717, 1.165) is 56.2 Å². The van der Waals surface area contributed by atoms with Crippen LogP contribution in [0.15, 0.2) is 48.5 Å². The molecule has 0 atom stereocenters. The zero-order chi connectivity index (χ0) is 21.1. The second-order valence-electron chi connectivity index (χ2n) is 8.11. The number of hydrogen-bond donors (Lipinski definition) is 2. The molecule has 7 heteroatoms. The number of amides is 1. The van der Waals surface area contributed by atoms with Crippen LogP contribution < -0.4 is 15.5 Å². The number of benzene rings is 2. The van der Waals surface area contributed by atoms with Crippen molar-refractivity contribution < 1.29 is 18.0 Å². The minimum absolute atomic E-state index is 0.0918. The third-order valence-corrected chi connectivity index (χ3v) is 5.83. The van der Waals surface area contributed by atoms with Crippen molar-refractivity contribution in [2.24, 2.45) is 5.92 Å². The third kappa shape index (κ3) is 5.14. The summed E-state index contributed by atoms with van der Waals surface area (Å²) in [7, 11) is 0. The number of piperidine rings is 1. The standard InChI is InChI=1S/C23H26F3N3O/c24-23(25,26)21-7-2-1-4-17(21)15-27-18-10-12-29(13-11-18)20-6-3-5-19(14-20)28-22(30)16-8-9-16/h1-7,14,16,18,27H,8-13,15H2,(H,28,30). The Balaban J connectivity index is 1.30. The fourth-order valence-corrected chi connectivity index (χ4v) is 3.92. The van der Waals surface area contributed by atoms with E-state index in [9.17, 15) is 18.0 Å². The molecule has 4 nitrogen and oxygen atoms in total. The molecule has 0 bridgehead atoms. The van der Waals surface area contributed by atoms with Crippen molar-refractivity contribution in [2.75, 3.05) is 23.3 Å². The highest BCUT2D eigenvalue weighted by atomic mass is 19.4. The van der Waals surface area contributed by atoms with Gasteiger partial charge < -0.3 is 15.5 Å². The van der Waals surface area contributed by atoms with Crippen molar-refractivity contribution in [2.45, 2.75) is 44.4 Å². The number of carbonyl (C=O) groups is 1. The van der Waals surface area contributed by atoms with E-state index in [4.69, 9.17) is 0 Å². The molecule has 2 aliphatic rings. The van der Waals surface area contributed by atoms with Gasteiger partial charge in [-0.15, -0.1) is 0 Å². The summed E-state index contributed by atoms with van der Waals surface area (Å²) in [6, 6.07) is 13.8. The fourth-order valence-electron chi connectivity index (χ4n) is 3.92. The van der Waals surface area contributed by atoms with Crippen LogP contribution in [0.2, 0.25) is 0 Å². The largest absolute Gasteiger partial charge is 0.416 e. The van der Waals surface area contributed by atoms with Crippen LogP contribution in [0.1, 0.15) is 36.8 Å². The Labute approximate surface area is 174 Å². The lowest BCUT2D eigenvalue weighted by Crippen LogP contribution is -2.42. The predicted octanol–water partition coefficient (Wildman–Crippen LogP) is 4.81. The molecule has 4 rings (SSSR count). The summed E-state index contributed by atoms with van der Waals surface area (Å²) >= 11 is 0. The Morgan fingerprint density at radius 3 is 2.43 bits per heavy atom. The van der Waals surface area contributed by atoms with Crippen LogP contribution in [0.3, 0.4) is 0 Å². The first-order valence-electron chi connectivity index (χ1n) is 10.4. The summed E-state index contributed by atoms with van der Waals surface area (Å²) in [6.45, 7) is 1.85. The molecule has 2 N–H and O–H groups in total. The molecule has 0 spiro atoms. The Morgan fingerprint density at radius 2 is 1.73 bits per heavy atom. The molecule has 1 aliphatic heterocycles. The van der Waals surface area contributed by atoms with Gasteiger partial charge in [-0.3, -0.25) is 4.79 Å². The van der Waals surface area contributed by atoms with E-state index in [1.807, 2.05) is 24.3 Å². The Kier molecular flexibility index (Phi) is 5.99. The summed E-state index contributed by atoms with van der Waals surface area (Å²) in [5.41, 5.74) is 1.59. The topological polar surface area (TPSA) is 44.4 Å². The van der Waals surface area contributed by atoms with E-state index in [-0.39, 0.29) is 30.0 Å². The summed E-state index contributed by atoms with van der Waals surface area (Å²) < 4.78 is 39.5. The highest BCUT2D eigenvalue weighted by Gasteiger charge is 2.33. The SMILES string of the molecule is O=C(Nc1cccc(N2CCC(NCc3ccccc3C(F)(F)F)CC2)c1)C1CC1. The molecule has 0 unspecified atom stereocenters. The van der Waals surface area contributed by atoms with Gasteiger partial charge in [0.1, 0.15) is 0 Å². The van der Waals surface area contributed by atoms with Crippen molar-refractivity contribution in [3.8, 4) is 0 Å². The minimum Gasteiger partial charge on any atom is -0.371 e. The summed E-state index contributed by atoms with van der Waals surface area (Å²) in [5.74, 6) is 0.257. The molecule has 1 heterocycles. The van der Waals surface area contributed by atoms with Crippen LogP contribution in [0.4, 0.5) is 24.5 Å². The molecule has 2 fully saturated rings. The van der Waals surface area contributed by atoms with Gasteiger partial charge in [-0.1, -0.05) is 24.3 Å². The highest BCUT2D eigenvalue weighted by molar-refractivity contribution is 5.94. The summed E-state index contributed by atoms with van der Waals surface area (Å²) in [4.78, 5) is 14.2. The molecule has 0 radical (unpaired) electrons. The van der Waals surface area contributed by atoms with Gasteiger partial charge in [0.15, 0.2) is 0 Å². The molecule has 1 saturated carbocycles. The number of alkyl halides is 3. The van der Waals surface area contributed by atoms with Crippen molar-refractivity contribution in [1.82, 2.24) is 5.32 Å². The first-order chi connectivity index (χ1) is 14.4. The lowest BCUT2D eigenvalue weighted by atomic mass is 10.0. The van der Waals surface area contributed by atoms with Crippen LogP contribution >= 0.6 is 0 Å². The summed E-state index contributed by atoms with van der Waals surface area (Å²) in [6.07, 6.45) is -0.680. The van der Waals surface area contributed by atoms with Gasteiger partial charge in [-0.2, -0.15) is 13.2 Å². The molecule has 30 heavy (non-hydrogen) atoms. The average molecular weight is 417 g/mol. The van der Waals surface area contributed by atoms with Gasteiger partial charge in [0.2, 0.25) is 5.91 Å². The van der Waals surface area contributed by atoms with Gasteiger partial charge in [-0.05, 0) is 55.5 Å². The van der Waals surface area contributed by atoms with Crippen LogP contribution in [0, 0.1) is 5.92 Å². The second-order valence-corrected chi connectivity index (χ2v) is 8.11. The van der Waals surface area contributed by atoms with Gasteiger partial charge in [0.05, 0.1) is 5.56 Å². The van der Waals surface area contributed by atoms with E-state index in [2.05, 4.69) is 15.5 Å². The van der Waals surface area contributed by atoms with E-state index in [0.29, 0.717) is 0 Å². The number of rotatable bonds is 6. The molecular formula is C23H26F3N3O.